The van der Waals surface area contributed by atoms with E-state index in [-0.39, 0.29) is 11.3 Å². The smallest absolute Gasteiger partial charge is 0.282 e. The van der Waals surface area contributed by atoms with E-state index in [1.165, 1.54) is 0 Å². The largest absolute Gasteiger partial charge is 0.497 e. The first kappa shape index (κ1) is 22.0. The highest BCUT2D eigenvalue weighted by Crippen LogP contribution is 2.35. The molecule has 7 heteroatoms. The van der Waals surface area contributed by atoms with Crippen molar-refractivity contribution in [3.8, 4) is 17.2 Å². The Balaban J connectivity index is 1.77. The van der Waals surface area contributed by atoms with E-state index in [0.29, 0.717) is 40.8 Å². The van der Waals surface area contributed by atoms with Crippen LogP contribution in [0.3, 0.4) is 0 Å². The molecule has 0 atom stereocenters. The maximum absolute atomic E-state index is 13.5. The van der Waals surface area contributed by atoms with Crippen LogP contribution in [0.4, 0.5) is 11.4 Å². The molecule has 2 amide bonds. The molecule has 1 aliphatic rings. The number of hydrogen-bond acceptors (Lipinski definition) is 6. The van der Waals surface area contributed by atoms with Crippen LogP contribution in [0.25, 0.3) is 5.57 Å². The van der Waals surface area contributed by atoms with Gasteiger partial charge in [0.05, 0.1) is 32.1 Å². The highest BCUT2D eigenvalue weighted by atomic mass is 16.5. The zero-order chi connectivity index (χ0) is 23.4. The first-order chi connectivity index (χ1) is 16.0. The summed E-state index contributed by atoms with van der Waals surface area (Å²) in [6, 6.07) is 21.1. The normalized spacial score (nSPS) is 13.4. The number of imide groups is 1. The number of nitrogens with one attached hydrogen (secondary N) is 1. The lowest BCUT2D eigenvalue weighted by Gasteiger charge is -2.16. The molecule has 0 spiro atoms. The summed E-state index contributed by atoms with van der Waals surface area (Å²) >= 11 is 0. The third kappa shape index (κ3) is 4.39. The van der Waals surface area contributed by atoms with Gasteiger partial charge in [-0.1, -0.05) is 18.2 Å². The summed E-state index contributed by atoms with van der Waals surface area (Å²) in [7, 11) is 3.13. The minimum absolute atomic E-state index is 0.188. The van der Waals surface area contributed by atoms with Crippen LogP contribution in [0.5, 0.6) is 17.2 Å². The summed E-state index contributed by atoms with van der Waals surface area (Å²) in [6.07, 6.45) is 0. The lowest BCUT2D eigenvalue weighted by atomic mass is 10.0. The van der Waals surface area contributed by atoms with Gasteiger partial charge in [-0.2, -0.15) is 0 Å². The van der Waals surface area contributed by atoms with E-state index in [9.17, 15) is 9.59 Å². The molecule has 0 aromatic heterocycles. The van der Waals surface area contributed by atoms with Crippen molar-refractivity contribution in [1.82, 2.24) is 0 Å². The van der Waals surface area contributed by atoms with E-state index in [1.54, 1.807) is 87.0 Å². The van der Waals surface area contributed by atoms with Crippen LogP contribution in [0.1, 0.15) is 12.5 Å². The molecule has 4 rings (SSSR count). The molecule has 0 saturated heterocycles. The van der Waals surface area contributed by atoms with Crippen molar-refractivity contribution in [1.29, 1.82) is 0 Å². The molecule has 1 heterocycles. The predicted octanol–water partition coefficient (Wildman–Crippen LogP) is 4.50. The first-order valence-electron chi connectivity index (χ1n) is 10.5. The van der Waals surface area contributed by atoms with E-state index >= 15 is 0 Å². The Kier molecular flexibility index (Phi) is 6.31. The summed E-state index contributed by atoms with van der Waals surface area (Å²) in [6.45, 7) is 2.44. The van der Waals surface area contributed by atoms with Crippen molar-refractivity contribution in [3.05, 3.63) is 84.1 Å². The van der Waals surface area contributed by atoms with Gasteiger partial charge >= 0.3 is 0 Å². The molecule has 1 N–H and O–H groups in total. The zero-order valence-corrected chi connectivity index (χ0v) is 18.6. The van der Waals surface area contributed by atoms with Gasteiger partial charge in [-0.25, -0.2) is 4.90 Å². The lowest BCUT2D eigenvalue weighted by Crippen LogP contribution is -2.32. The number of methoxy groups -OCH3 is 2. The van der Waals surface area contributed by atoms with Crippen LogP contribution >= 0.6 is 0 Å². The van der Waals surface area contributed by atoms with Gasteiger partial charge in [0.15, 0.2) is 0 Å². The van der Waals surface area contributed by atoms with Crippen molar-refractivity contribution in [2.75, 3.05) is 31.0 Å². The van der Waals surface area contributed by atoms with E-state index in [1.807, 2.05) is 6.92 Å². The van der Waals surface area contributed by atoms with Crippen molar-refractivity contribution in [3.63, 3.8) is 0 Å². The fourth-order valence-electron chi connectivity index (χ4n) is 3.61. The first-order valence-corrected chi connectivity index (χ1v) is 10.5. The van der Waals surface area contributed by atoms with E-state index in [4.69, 9.17) is 14.2 Å². The fourth-order valence-corrected chi connectivity index (χ4v) is 3.61. The highest BCUT2D eigenvalue weighted by Gasteiger charge is 2.40. The number of amides is 2. The summed E-state index contributed by atoms with van der Waals surface area (Å²) in [4.78, 5) is 28.2. The molecule has 3 aromatic rings. The second kappa shape index (κ2) is 9.48. The van der Waals surface area contributed by atoms with E-state index in [0.717, 1.165) is 4.90 Å². The quantitative estimate of drug-likeness (QED) is 0.516. The Morgan fingerprint density at radius 3 is 2.09 bits per heavy atom. The minimum Gasteiger partial charge on any atom is -0.497 e. The van der Waals surface area contributed by atoms with Gasteiger partial charge in [0, 0.05) is 11.8 Å². The Labute approximate surface area is 192 Å². The third-order valence-electron chi connectivity index (χ3n) is 5.21. The number of nitrogens with zero attached hydrogens (tertiary/aromatic N) is 1. The fraction of sp³-hybridized carbons (Fsp3) is 0.154. The molecule has 33 heavy (non-hydrogen) atoms. The van der Waals surface area contributed by atoms with Crippen LogP contribution < -0.4 is 24.4 Å². The van der Waals surface area contributed by atoms with Gasteiger partial charge in [-0.15, -0.1) is 0 Å². The molecular weight excluding hydrogens is 420 g/mol. The summed E-state index contributed by atoms with van der Waals surface area (Å²) < 4.78 is 16.0. The zero-order valence-electron chi connectivity index (χ0n) is 18.6. The lowest BCUT2D eigenvalue weighted by molar-refractivity contribution is -0.120. The molecule has 0 saturated carbocycles. The van der Waals surface area contributed by atoms with Gasteiger partial charge in [0.25, 0.3) is 11.8 Å². The predicted molar refractivity (Wildman–Crippen MR) is 127 cm³/mol. The number of benzene rings is 3. The van der Waals surface area contributed by atoms with Crippen LogP contribution in [-0.4, -0.2) is 32.6 Å². The Morgan fingerprint density at radius 1 is 0.788 bits per heavy atom. The van der Waals surface area contributed by atoms with Crippen molar-refractivity contribution < 1.29 is 23.8 Å². The maximum atomic E-state index is 13.5. The molecule has 0 fully saturated rings. The molecule has 1 aliphatic heterocycles. The Hall–Kier alpha value is -4.26. The second-order valence-electron chi connectivity index (χ2n) is 7.21. The second-order valence-corrected chi connectivity index (χ2v) is 7.21. The molecule has 0 radical (unpaired) electrons. The van der Waals surface area contributed by atoms with Gasteiger partial charge in [0.2, 0.25) is 0 Å². The summed E-state index contributed by atoms with van der Waals surface area (Å²) in [5, 5.41) is 3.14. The van der Waals surface area contributed by atoms with Crippen molar-refractivity contribution in [2.24, 2.45) is 0 Å². The van der Waals surface area contributed by atoms with E-state index < -0.39 is 11.8 Å². The molecule has 168 valence electrons. The van der Waals surface area contributed by atoms with Crippen molar-refractivity contribution >= 4 is 28.8 Å². The number of carbonyl (C=O) groups is 2. The van der Waals surface area contributed by atoms with E-state index in [2.05, 4.69) is 5.32 Å². The van der Waals surface area contributed by atoms with Gasteiger partial charge < -0.3 is 19.5 Å². The average Bonchev–Trinajstić information content (AvgIpc) is 3.09. The molecule has 7 nitrogen and oxygen atoms in total. The standard InChI is InChI=1S/C26H24N2O5/c1-4-33-21-12-8-17(9-13-21)23-24(27-18-6-5-7-22(16-18)32-3)26(30)28(25(23)29)19-10-14-20(31-2)15-11-19/h5-16,27H,4H2,1-3H3. The number of anilines is 2. The molecule has 3 aromatic carbocycles. The number of carbonyl (C=O) groups excluding carboxylic acids is 2. The topological polar surface area (TPSA) is 77.1 Å². The van der Waals surface area contributed by atoms with Gasteiger partial charge in [-0.3, -0.25) is 9.59 Å². The summed E-state index contributed by atoms with van der Waals surface area (Å²) in [5.41, 5.74) is 2.16. The number of hydrogen-bond donors (Lipinski definition) is 1. The molecule has 0 aliphatic carbocycles. The molecular formula is C26H24N2O5. The van der Waals surface area contributed by atoms with Crippen LogP contribution in [0, 0.1) is 0 Å². The Bertz CT molecular complexity index is 1200. The monoisotopic (exact) mass is 444 g/mol. The van der Waals surface area contributed by atoms with Crippen LogP contribution in [0.2, 0.25) is 0 Å². The molecule has 0 bridgehead atoms. The average molecular weight is 444 g/mol. The van der Waals surface area contributed by atoms with Crippen LogP contribution in [-0.2, 0) is 9.59 Å². The SMILES string of the molecule is CCOc1ccc(C2=C(Nc3cccc(OC)c3)C(=O)N(c3ccc(OC)cc3)C2=O)cc1. The summed E-state index contributed by atoms with van der Waals surface area (Å²) in [5.74, 6) is 1.09. The van der Waals surface area contributed by atoms with Gasteiger partial charge in [0.1, 0.15) is 22.9 Å². The van der Waals surface area contributed by atoms with Crippen LogP contribution in [0.15, 0.2) is 78.5 Å². The van der Waals surface area contributed by atoms with Crippen molar-refractivity contribution in [2.45, 2.75) is 6.92 Å². The maximum Gasteiger partial charge on any atom is 0.282 e. The molecule has 0 unspecified atom stereocenters. The third-order valence-corrected chi connectivity index (χ3v) is 5.21. The highest BCUT2D eigenvalue weighted by molar-refractivity contribution is 6.46. The Morgan fingerprint density at radius 2 is 1.45 bits per heavy atom. The minimum atomic E-state index is -0.447. The van der Waals surface area contributed by atoms with Gasteiger partial charge in [-0.05, 0) is 61.0 Å². The number of ether oxygens (including phenoxy) is 3. The number of rotatable bonds is 8.